The largest absolute Gasteiger partial charge is 0.488 e. The number of aliphatic hydroxyl groups excluding tert-OH is 1. The fourth-order valence-electron chi connectivity index (χ4n) is 1.54. The van der Waals surface area contributed by atoms with Crippen LogP contribution in [-0.4, -0.2) is 55.3 Å². The van der Waals surface area contributed by atoms with E-state index in [-0.39, 0.29) is 30.6 Å². The minimum atomic E-state index is -1.22. The van der Waals surface area contributed by atoms with Crippen LogP contribution in [0.15, 0.2) is 18.2 Å². The molecule has 0 saturated carbocycles. The van der Waals surface area contributed by atoms with Crippen molar-refractivity contribution in [3.05, 3.63) is 29.6 Å². The van der Waals surface area contributed by atoms with Gasteiger partial charge in [0, 0.05) is 7.11 Å². The van der Waals surface area contributed by atoms with Gasteiger partial charge in [-0.25, -0.2) is 9.18 Å². The van der Waals surface area contributed by atoms with E-state index in [2.05, 4.69) is 0 Å². The molecule has 0 bridgehead atoms. The van der Waals surface area contributed by atoms with Gasteiger partial charge in [-0.3, -0.25) is 0 Å². The van der Waals surface area contributed by atoms with Crippen LogP contribution >= 0.6 is 0 Å². The van der Waals surface area contributed by atoms with Crippen LogP contribution in [0.4, 0.5) is 4.39 Å². The van der Waals surface area contributed by atoms with E-state index in [1.807, 2.05) is 0 Å². The molecule has 0 amide bonds. The third-order valence-electron chi connectivity index (χ3n) is 2.58. The first-order valence-electron chi connectivity index (χ1n) is 6.38. The Hall–Kier alpha value is -1.70. The normalized spacial score (nSPS) is 13.7. The lowest BCUT2D eigenvalue weighted by molar-refractivity contribution is -0.0425. The maximum Gasteiger partial charge on any atom is 0.335 e. The summed E-state index contributed by atoms with van der Waals surface area (Å²) in [4.78, 5) is 10.7. The van der Waals surface area contributed by atoms with Gasteiger partial charge in [0.1, 0.15) is 12.7 Å². The van der Waals surface area contributed by atoms with Crippen molar-refractivity contribution in [3.63, 3.8) is 0 Å². The van der Waals surface area contributed by atoms with Gasteiger partial charge < -0.3 is 24.4 Å². The first-order chi connectivity index (χ1) is 9.93. The van der Waals surface area contributed by atoms with Crippen molar-refractivity contribution in [3.8, 4) is 5.75 Å². The molecule has 7 heteroatoms. The molecule has 1 aromatic rings. The zero-order valence-corrected chi connectivity index (χ0v) is 11.9. The standard InChI is InChI=1S/C14H19FO6/c1-9(6-19-2)20-7-11(16)8-21-13-4-3-10(14(17)18)5-12(13)15/h3-5,9,11,16H,6-8H2,1-2H3,(H,17,18). The Kier molecular flexibility index (Phi) is 7.07. The molecule has 6 nitrogen and oxygen atoms in total. The second-order valence-electron chi connectivity index (χ2n) is 4.51. The molecule has 0 aliphatic carbocycles. The molecule has 0 heterocycles. The van der Waals surface area contributed by atoms with Crippen LogP contribution in [0.2, 0.25) is 0 Å². The summed E-state index contributed by atoms with van der Waals surface area (Å²) in [6, 6.07) is 3.30. The number of carboxylic acids is 1. The Morgan fingerprint density at radius 3 is 2.62 bits per heavy atom. The monoisotopic (exact) mass is 302 g/mol. The Morgan fingerprint density at radius 1 is 1.33 bits per heavy atom. The van der Waals surface area contributed by atoms with Gasteiger partial charge in [-0.15, -0.1) is 0 Å². The number of rotatable bonds is 9. The number of ether oxygens (including phenoxy) is 3. The van der Waals surface area contributed by atoms with E-state index in [0.717, 1.165) is 6.07 Å². The Morgan fingerprint density at radius 2 is 2.05 bits per heavy atom. The topological polar surface area (TPSA) is 85.2 Å². The maximum absolute atomic E-state index is 13.6. The number of carboxylic acid groups (broad SMARTS) is 1. The average molecular weight is 302 g/mol. The second-order valence-corrected chi connectivity index (χ2v) is 4.51. The van der Waals surface area contributed by atoms with E-state index in [0.29, 0.717) is 6.61 Å². The first-order valence-corrected chi connectivity index (χ1v) is 6.38. The molecule has 0 spiro atoms. The molecule has 2 atom stereocenters. The Bertz CT molecular complexity index is 465. The van der Waals surface area contributed by atoms with Crippen molar-refractivity contribution in [2.24, 2.45) is 0 Å². The number of hydrogen-bond acceptors (Lipinski definition) is 5. The van der Waals surface area contributed by atoms with Gasteiger partial charge in [0.25, 0.3) is 0 Å². The SMILES string of the molecule is COCC(C)OCC(O)COc1ccc(C(=O)O)cc1F. The number of halogens is 1. The molecule has 1 rings (SSSR count). The predicted octanol–water partition coefficient (Wildman–Crippen LogP) is 1.32. The van der Waals surface area contributed by atoms with Gasteiger partial charge in [0.2, 0.25) is 0 Å². The van der Waals surface area contributed by atoms with Crippen LogP contribution in [0.1, 0.15) is 17.3 Å². The molecule has 0 radical (unpaired) electrons. The highest BCUT2D eigenvalue weighted by Crippen LogP contribution is 2.18. The summed E-state index contributed by atoms with van der Waals surface area (Å²) in [6.45, 7) is 2.06. The molecule has 118 valence electrons. The molecule has 21 heavy (non-hydrogen) atoms. The molecule has 0 aliphatic rings. The summed E-state index contributed by atoms with van der Waals surface area (Å²) < 4.78 is 28.8. The van der Waals surface area contributed by atoms with Gasteiger partial charge in [-0.2, -0.15) is 0 Å². The van der Waals surface area contributed by atoms with Crippen LogP contribution in [0.25, 0.3) is 0 Å². The number of methoxy groups -OCH3 is 1. The summed E-state index contributed by atoms with van der Waals surface area (Å²) in [5.74, 6) is -2.14. The fraction of sp³-hybridized carbons (Fsp3) is 0.500. The molecule has 0 aromatic heterocycles. The average Bonchev–Trinajstić information content (AvgIpc) is 2.44. The first kappa shape index (κ1) is 17.4. The fourth-order valence-corrected chi connectivity index (χ4v) is 1.54. The predicted molar refractivity (Wildman–Crippen MR) is 72.2 cm³/mol. The van der Waals surface area contributed by atoms with Crippen molar-refractivity contribution in [2.45, 2.75) is 19.1 Å². The van der Waals surface area contributed by atoms with Crippen LogP contribution in [0, 0.1) is 5.82 Å². The molecular formula is C14H19FO6. The van der Waals surface area contributed by atoms with E-state index >= 15 is 0 Å². The van der Waals surface area contributed by atoms with Crippen LogP contribution in [-0.2, 0) is 9.47 Å². The maximum atomic E-state index is 13.6. The van der Waals surface area contributed by atoms with Crippen LogP contribution in [0.5, 0.6) is 5.75 Å². The molecular weight excluding hydrogens is 283 g/mol. The van der Waals surface area contributed by atoms with E-state index in [9.17, 15) is 14.3 Å². The summed E-state index contributed by atoms with van der Waals surface area (Å²) in [6.07, 6.45) is -1.10. The molecule has 2 unspecified atom stereocenters. The van der Waals surface area contributed by atoms with Crippen molar-refractivity contribution >= 4 is 5.97 Å². The lowest BCUT2D eigenvalue weighted by atomic mass is 10.2. The Balaban J connectivity index is 2.42. The number of benzene rings is 1. The summed E-state index contributed by atoms with van der Waals surface area (Å²) in [5, 5.41) is 18.4. The number of aliphatic hydroxyl groups is 1. The summed E-state index contributed by atoms with van der Waals surface area (Å²) in [5.41, 5.74) is -0.169. The number of aromatic carboxylic acids is 1. The molecule has 1 aromatic carbocycles. The quantitative estimate of drug-likeness (QED) is 0.715. The van der Waals surface area contributed by atoms with Crippen molar-refractivity contribution in [1.29, 1.82) is 0 Å². The van der Waals surface area contributed by atoms with Gasteiger partial charge in [0.05, 0.1) is 24.9 Å². The molecule has 2 N–H and O–H groups in total. The van der Waals surface area contributed by atoms with Gasteiger partial charge in [-0.05, 0) is 25.1 Å². The van der Waals surface area contributed by atoms with E-state index in [4.69, 9.17) is 19.3 Å². The van der Waals surface area contributed by atoms with E-state index in [1.165, 1.54) is 12.1 Å². The third kappa shape index (κ3) is 6.07. The molecule has 0 saturated heterocycles. The smallest absolute Gasteiger partial charge is 0.335 e. The lowest BCUT2D eigenvalue weighted by Gasteiger charge is -2.16. The highest BCUT2D eigenvalue weighted by Gasteiger charge is 2.12. The zero-order chi connectivity index (χ0) is 15.8. The second kappa shape index (κ2) is 8.56. The minimum absolute atomic E-state index is 0.0271. The number of hydrogen-bond donors (Lipinski definition) is 2. The van der Waals surface area contributed by atoms with Crippen molar-refractivity contribution in [1.82, 2.24) is 0 Å². The van der Waals surface area contributed by atoms with Crippen LogP contribution in [0.3, 0.4) is 0 Å². The van der Waals surface area contributed by atoms with Crippen molar-refractivity contribution < 1.29 is 33.6 Å². The van der Waals surface area contributed by atoms with E-state index in [1.54, 1.807) is 14.0 Å². The highest BCUT2D eigenvalue weighted by atomic mass is 19.1. The van der Waals surface area contributed by atoms with E-state index < -0.39 is 17.9 Å². The third-order valence-corrected chi connectivity index (χ3v) is 2.58. The van der Waals surface area contributed by atoms with Gasteiger partial charge in [-0.1, -0.05) is 0 Å². The summed E-state index contributed by atoms with van der Waals surface area (Å²) >= 11 is 0. The summed E-state index contributed by atoms with van der Waals surface area (Å²) in [7, 11) is 1.54. The minimum Gasteiger partial charge on any atom is -0.488 e. The Labute approximate surface area is 122 Å². The number of carbonyl (C=O) groups is 1. The zero-order valence-electron chi connectivity index (χ0n) is 11.9. The van der Waals surface area contributed by atoms with Gasteiger partial charge >= 0.3 is 5.97 Å². The molecule has 0 aliphatic heterocycles. The molecule has 0 fully saturated rings. The highest BCUT2D eigenvalue weighted by molar-refractivity contribution is 5.87. The lowest BCUT2D eigenvalue weighted by Crippen LogP contribution is -2.27. The van der Waals surface area contributed by atoms with Crippen LogP contribution < -0.4 is 4.74 Å². The van der Waals surface area contributed by atoms with Crippen molar-refractivity contribution in [2.75, 3.05) is 26.9 Å². The van der Waals surface area contributed by atoms with Gasteiger partial charge in [0.15, 0.2) is 11.6 Å².